The number of amides is 1. The van der Waals surface area contributed by atoms with E-state index in [2.05, 4.69) is 44.4 Å². The minimum atomic E-state index is -0.449. The molecule has 0 radical (unpaired) electrons. The highest BCUT2D eigenvalue weighted by Gasteiger charge is 2.18. The molecular formula is C28H32N4O3S. The second-order valence-corrected chi connectivity index (χ2v) is 10.2. The van der Waals surface area contributed by atoms with Gasteiger partial charge in [0.05, 0.1) is 12.1 Å². The van der Waals surface area contributed by atoms with Gasteiger partial charge < -0.3 is 19.3 Å². The Hall–Kier alpha value is -3.36. The van der Waals surface area contributed by atoms with Crippen molar-refractivity contribution in [3.05, 3.63) is 60.0 Å². The minimum Gasteiger partial charge on any atom is -0.494 e. The molecule has 1 aliphatic rings. The molecule has 36 heavy (non-hydrogen) atoms. The van der Waals surface area contributed by atoms with E-state index in [1.807, 2.05) is 35.6 Å². The van der Waals surface area contributed by atoms with Crippen molar-refractivity contribution in [3.8, 4) is 11.6 Å². The first kappa shape index (κ1) is 24.3. The van der Waals surface area contributed by atoms with Gasteiger partial charge in [0.1, 0.15) is 5.75 Å². The highest BCUT2D eigenvalue weighted by Crippen LogP contribution is 2.31. The predicted molar refractivity (Wildman–Crippen MR) is 147 cm³/mol. The molecular weight excluding hydrogens is 472 g/mol. The van der Waals surface area contributed by atoms with Gasteiger partial charge in [-0.3, -0.25) is 4.90 Å². The molecule has 0 saturated carbocycles. The number of aromatic nitrogens is 1. The van der Waals surface area contributed by atoms with Crippen LogP contribution in [-0.2, 0) is 0 Å². The number of nitrogens with zero attached hydrogens (tertiary/aromatic N) is 4. The van der Waals surface area contributed by atoms with Crippen LogP contribution in [0.4, 0.5) is 10.5 Å². The summed E-state index contributed by atoms with van der Waals surface area (Å²) in [7, 11) is 3.28. The summed E-state index contributed by atoms with van der Waals surface area (Å²) in [5, 5.41) is 4.53. The quantitative estimate of drug-likeness (QED) is 0.296. The van der Waals surface area contributed by atoms with Gasteiger partial charge in [-0.25, -0.2) is 9.78 Å². The second-order valence-electron chi connectivity index (χ2n) is 9.26. The Morgan fingerprint density at radius 2 is 1.86 bits per heavy atom. The smallest absolute Gasteiger partial charge is 0.416 e. The molecule has 1 fully saturated rings. The summed E-state index contributed by atoms with van der Waals surface area (Å²) in [5.74, 6) is 1.06. The van der Waals surface area contributed by atoms with Crippen LogP contribution < -0.4 is 14.4 Å². The van der Waals surface area contributed by atoms with Crippen LogP contribution in [0.3, 0.4) is 0 Å². The van der Waals surface area contributed by atoms with Gasteiger partial charge in [-0.05, 0) is 61.2 Å². The van der Waals surface area contributed by atoms with Crippen molar-refractivity contribution >= 4 is 44.1 Å². The van der Waals surface area contributed by atoms with Crippen LogP contribution >= 0.6 is 11.3 Å². The van der Waals surface area contributed by atoms with Crippen molar-refractivity contribution in [1.29, 1.82) is 0 Å². The van der Waals surface area contributed by atoms with E-state index in [1.165, 1.54) is 20.7 Å². The molecule has 4 aromatic rings. The highest BCUT2D eigenvalue weighted by molar-refractivity contribution is 7.17. The van der Waals surface area contributed by atoms with Crippen LogP contribution in [0.25, 0.3) is 21.0 Å². The number of unbranched alkanes of at least 4 members (excludes halogenated alkanes) is 1. The third-order valence-electron chi connectivity index (χ3n) is 6.52. The Bertz CT molecular complexity index is 1330. The number of hydrogen-bond acceptors (Lipinski definition) is 7. The van der Waals surface area contributed by atoms with Crippen molar-refractivity contribution in [2.75, 3.05) is 58.3 Å². The average molecular weight is 505 g/mol. The number of anilines is 1. The highest BCUT2D eigenvalue weighted by atomic mass is 32.1. The normalized spacial score (nSPS) is 14.3. The van der Waals surface area contributed by atoms with Gasteiger partial charge in [-0.2, -0.15) is 0 Å². The lowest BCUT2D eigenvalue weighted by atomic mass is 10.2. The summed E-state index contributed by atoms with van der Waals surface area (Å²) in [6.45, 7) is 6.10. The molecule has 188 valence electrons. The lowest BCUT2D eigenvalue weighted by Gasteiger charge is -2.36. The SMILES string of the molecule is CN(C)C(=O)Oc1ccc2ccc(OCCCCN3CCN(c4cccc5sccc45)CC3)cc2n1. The van der Waals surface area contributed by atoms with Crippen molar-refractivity contribution in [1.82, 2.24) is 14.8 Å². The van der Waals surface area contributed by atoms with E-state index >= 15 is 0 Å². The molecule has 1 saturated heterocycles. The predicted octanol–water partition coefficient (Wildman–Crippen LogP) is 5.49. The van der Waals surface area contributed by atoms with Gasteiger partial charge in [-0.1, -0.05) is 6.07 Å². The Balaban J connectivity index is 1.05. The first-order valence-electron chi connectivity index (χ1n) is 12.4. The van der Waals surface area contributed by atoms with Gasteiger partial charge in [0, 0.05) is 73.6 Å². The Morgan fingerprint density at radius 3 is 2.69 bits per heavy atom. The van der Waals surface area contributed by atoms with Crippen LogP contribution in [-0.4, -0.2) is 74.3 Å². The van der Waals surface area contributed by atoms with E-state index in [1.54, 1.807) is 20.2 Å². The van der Waals surface area contributed by atoms with Crippen molar-refractivity contribution < 1.29 is 14.3 Å². The summed E-state index contributed by atoms with van der Waals surface area (Å²) < 4.78 is 12.6. The lowest BCUT2D eigenvalue weighted by Crippen LogP contribution is -2.46. The minimum absolute atomic E-state index is 0.283. The zero-order chi connectivity index (χ0) is 24.9. The number of carbonyl (C=O) groups excluding carboxylic acids is 1. The second kappa shape index (κ2) is 11.1. The third kappa shape index (κ3) is 5.71. The van der Waals surface area contributed by atoms with Crippen LogP contribution in [0.5, 0.6) is 11.6 Å². The number of ether oxygens (including phenoxy) is 2. The van der Waals surface area contributed by atoms with Crippen LogP contribution in [0.15, 0.2) is 60.0 Å². The molecule has 2 aromatic heterocycles. The summed E-state index contributed by atoms with van der Waals surface area (Å²) in [5.41, 5.74) is 2.11. The van der Waals surface area contributed by atoms with Gasteiger partial charge in [0.15, 0.2) is 0 Å². The molecule has 2 aromatic carbocycles. The summed E-state index contributed by atoms with van der Waals surface area (Å²) in [6, 6.07) is 18.3. The lowest BCUT2D eigenvalue weighted by molar-refractivity contribution is 0.170. The summed E-state index contributed by atoms with van der Waals surface area (Å²) >= 11 is 1.81. The van der Waals surface area contributed by atoms with E-state index in [9.17, 15) is 4.79 Å². The summed E-state index contributed by atoms with van der Waals surface area (Å²) in [4.78, 5) is 22.7. The standard InChI is InChI=1S/C28H32N4O3S/c1-30(2)28(33)35-27-11-9-21-8-10-22(20-24(21)29-27)34-18-4-3-13-31-14-16-32(17-15-31)25-6-5-7-26-23(25)12-19-36-26/h5-12,19-20H,3-4,13-18H2,1-2H3. The molecule has 0 bridgehead atoms. The van der Waals surface area contributed by atoms with Crippen molar-refractivity contribution in [2.45, 2.75) is 12.8 Å². The number of fused-ring (bicyclic) bond motifs is 2. The number of hydrogen-bond donors (Lipinski definition) is 0. The monoisotopic (exact) mass is 504 g/mol. The maximum atomic E-state index is 11.8. The molecule has 0 N–H and O–H groups in total. The first-order valence-corrected chi connectivity index (χ1v) is 13.3. The number of rotatable bonds is 8. The molecule has 0 unspecified atom stereocenters. The largest absolute Gasteiger partial charge is 0.494 e. The van der Waals surface area contributed by atoms with Gasteiger partial charge >= 0.3 is 6.09 Å². The molecule has 3 heterocycles. The van der Waals surface area contributed by atoms with Crippen molar-refractivity contribution in [2.24, 2.45) is 0 Å². The summed E-state index contributed by atoms with van der Waals surface area (Å²) in [6.07, 6.45) is 1.66. The number of pyridine rings is 1. The molecule has 0 spiro atoms. The average Bonchev–Trinajstić information content (AvgIpc) is 3.38. The van der Waals surface area contributed by atoms with Gasteiger partial charge in [-0.15, -0.1) is 11.3 Å². The van der Waals surface area contributed by atoms with Crippen LogP contribution in [0.1, 0.15) is 12.8 Å². The number of piperazine rings is 1. The Kier molecular flexibility index (Phi) is 7.53. The first-order chi connectivity index (χ1) is 17.6. The molecule has 7 nitrogen and oxygen atoms in total. The fourth-order valence-electron chi connectivity index (χ4n) is 4.50. The van der Waals surface area contributed by atoms with E-state index in [-0.39, 0.29) is 5.88 Å². The van der Waals surface area contributed by atoms with Crippen LogP contribution in [0, 0.1) is 0 Å². The van der Waals surface area contributed by atoms with E-state index in [4.69, 9.17) is 9.47 Å². The Morgan fingerprint density at radius 1 is 1.03 bits per heavy atom. The zero-order valence-electron chi connectivity index (χ0n) is 20.9. The van der Waals surface area contributed by atoms with Gasteiger partial charge in [0.2, 0.25) is 5.88 Å². The zero-order valence-corrected chi connectivity index (χ0v) is 21.7. The molecule has 1 aliphatic heterocycles. The number of thiophene rings is 1. The molecule has 1 amide bonds. The van der Waals surface area contributed by atoms with Gasteiger partial charge in [0.25, 0.3) is 0 Å². The number of carbonyl (C=O) groups is 1. The van der Waals surface area contributed by atoms with E-state index < -0.39 is 6.09 Å². The fraction of sp³-hybridized carbons (Fsp3) is 0.357. The van der Waals surface area contributed by atoms with Crippen molar-refractivity contribution in [3.63, 3.8) is 0 Å². The molecule has 0 atom stereocenters. The maximum absolute atomic E-state index is 11.8. The number of benzene rings is 2. The Labute approximate surface area is 215 Å². The van der Waals surface area contributed by atoms with Crippen LogP contribution in [0.2, 0.25) is 0 Å². The topological polar surface area (TPSA) is 58.1 Å². The molecule has 5 rings (SSSR count). The fourth-order valence-corrected chi connectivity index (χ4v) is 5.31. The maximum Gasteiger partial charge on any atom is 0.416 e. The van der Waals surface area contributed by atoms with E-state index in [0.29, 0.717) is 6.61 Å². The third-order valence-corrected chi connectivity index (χ3v) is 7.40. The molecule has 0 aliphatic carbocycles. The molecule has 8 heteroatoms. The van der Waals surface area contributed by atoms with E-state index in [0.717, 1.165) is 62.2 Å².